The molecule has 2 rings (SSSR count). The van der Waals surface area contributed by atoms with Crippen LogP contribution < -0.4 is 10.5 Å². The van der Waals surface area contributed by atoms with Crippen LogP contribution >= 0.6 is 0 Å². The monoisotopic (exact) mass is 220 g/mol. The highest BCUT2D eigenvalue weighted by molar-refractivity contribution is 5.73. The molecule has 0 saturated carbocycles. The third-order valence-corrected chi connectivity index (χ3v) is 2.63. The number of rotatable bonds is 3. The van der Waals surface area contributed by atoms with Crippen LogP contribution in [0.15, 0.2) is 29.3 Å². The van der Waals surface area contributed by atoms with Crippen LogP contribution in [0.5, 0.6) is 5.75 Å². The van der Waals surface area contributed by atoms with Gasteiger partial charge in [-0.15, -0.1) is 0 Å². The first-order chi connectivity index (χ1) is 7.66. The Bertz CT molecular complexity index is 404. The quantitative estimate of drug-likeness (QED) is 0.839. The summed E-state index contributed by atoms with van der Waals surface area (Å²) in [6.45, 7) is 4.55. The van der Waals surface area contributed by atoms with E-state index in [0.29, 0.717) is 6.54 Å². The minimum Gasteiger partial charge on any atom is -0.487 e. The Kier molecular flexibility index (Phi) is 2.99. The van der Waals surface area contributed by atoms with Crippen LogP contribution in [0.25, 0.3) is 0 Å². The van der Waals surface area contributed by atoms with Crippen LogP contribution in [0, 0.1) is 6.92 Å². The summed E-state index contributed by atoms with van der Waals surface area (Å²) in [4.78, 5) is 3.99. The number of hydrogen-bond acceptors (Lipinski definition) is 4. The molecule has 2 unspecified atom stereocenters. The van der Waals surface area contributed by atoms with Gasteiger partial charge < -0.3 is 15.2 Å². The second-order valence-corrected chi connectivity index (χ2v) is 3.92. The zero-order valence-corrected chi connectivity index (χ0v) is 9.51. The fraction of sp³-hybridized carbons (Fsp3) is 0.417. The molecule has 1 aromatic carbocycles. The Labute approximate surface area is 95.1 Å². The highest BCUT2D eigenvalue weighted by atomic mass is 16.6. The fourth-order valence-electron chi connectivity index (χ4n) is 1.62. The molecule has 0 spiro atoms. The van der Waals surface area contributed by atoms with Crippen LogP contribution in [0.2, 0.25) is 0 Å². The van der Waals surface area contributed by atoms with E-state index >= 15 is 0 Å². The van der Waals surface area contributed by atoms with E-state index in [0.717, 1.165) is 11.3 Å². The van der Waals surface area contributed by atoms with E-state index in [1.807, 2.05) is 38.1 Å². The van der Waals surface area contributed by atoms with Crippen LogP contribution in [0.4, 0.5) is 0 Å². The lowest BCUT2D eigenvalue weighted by atomic mass is 10.2. The molecule has 86 valence electrons. The van der Waals surface area contributed by atoms with Gasteiger partial charge in [-0.3, -0.25) is 0 Å². The number of hydrogen-bond donors (Lipinski definition) is 1. The van der Waals surface area contributed by atoms with Crippen molar-refractivity contribution in [3.05, 3.63) is 29.8 Å². The predicted octanol–water partition coefficient (Wildman–Crippen LogP) is 1.48. The van der Waals surface area contributed by atoms with Gasteiger partial charge in [0, 0.05) is 0 Å². The van der Waals surface area contributed by atoms with Crippen LogP contribution in [-0.4, -0.2) is 24.8 Å². The van der Waals surface area contributed by atoms with E-state index in [2.05, 4.69) is 4.99 Å². The van der Waals surface area contributed by atoms with Gasteiger partial charge in [-0.1, -0.05) is 18.2 Å². The maximum Gasteiger partial charge on any atom is 0.282 e. The van der Waals surface area contributed by atoms with Crippen molar-refractivity contribution < 1.29 is 9.47 Å². The topological polar surface area (TPSA) is 56.8 Å². The highest BCUT2D eigenvalue weighted by Gasteiger charge is 2.25. The summed E-state index contributed by atoms with van der Waals surface area (Å²) in [7, 11) is 0. The normalized spacial score (nSPS) is 21.1. The summed E-state index contributed by atoms with van der Waals surface area (Å²) in [5.74, 6) is 0.879. The Morgan fingerprint density at radius 3 is 2.88 bits per heavy atom. The Morgan fingerprint density at radius 1 is 1.50 bits per heavy atom. The molecule has 1 aromatic rings. The maximum absolute atomic E-state index is 5.82. The van der Waals surface area contributed by atoms with Gasteiger partial charge in [0.15, 0.2) is 6.10 Å². The average molecular weight is 220 g/mol. The van der Waals surface area contributed by atoms with Gasteiger partial charge in [-0.25, -0.2) is 4.99 Å². The third kappa shape index (κ3) is 2.27. The number of amidine groups is 1. The molecule has 1 aliphatic rings. The molecule has 0 amide bonds. The highest BCUT2D eigenvalue weighted by Crippen LogP contribution is 2.20. The molecule has 1 heterocycles. The van der Waals surface area contributed by atoms with Crippen molar-refractivity contribution in [3.63, 3.8) is 0 Å². The van der Waals surface area contributed by atoms with E-state index in [4.69, 9.17) is 15.2 Å². The van der Waals surface area contributed by atoms with Crippen LogP contribution in [0.1, 0.15) is 12.5 Å². The van der Waals surface area contributed by atoms with Crippen LogP contribution in [-0.2, 0) is 4.74 Å². The fourth-order valence-corrected chi connectivity index (χ4v) is 1.62. The molecule has 0 aliphatic carbocycles. The second kappa shape index (κ2) is 4.43. The van der Waals surface area contributed by atoms with Gasteiger partial charge in [0.05, 0.1) is 6.54 Å². The Hall–Kier alpha value is -1.71. The van der Waals surface area contributed by atoms with Crippen molar-refractivity contribution in [2.75, 3.05) is 6.54 Å². The van der Waals surface area contributed by atoms with E-state index in [9.17, 15) is 0 Å². The zero-order chi connectivity index (χ0) is 11.5. The summed E-state index contributed by atoms with van der Waals surface area (Å²) in [5.41, 5.74) is 6.57. The Balaban J connectivity index is 1.98. The SMILES string of the molecule is Cc1ccccc1OC(C)C1CN=C(N)O1. The largest absolute Gasteiger partial charge is 0.487 e. The predicted molar refractivity (Wildman–Crippen MR) is 62.6 cm³/mol. The minimum absolute atomic E-state index is 0.0640. The zero-order valence-electron chi connectivity index (χ0n) is 9.51. The molecule has 0 aromatic heterocycles. The van der Waals surface area contributed by atoms with Crippen molar-refractivity contribution in [2.45, 2.75) is 26.1 Å². The van der Waals surface area contributed by atoms with E-state index in [1.165, 1.54) is 0 Å². The molecule has 16 heavy (non-hydrogen) atoms. The van der Waals surface area contributed by atoms with Gasteiger partial charge in [-0.2, -0.15) is 0 Å². The minimum atomic E-state index is -0.0837. The van der Waals surface area contributed by atoms with Gasteiger partial charge in [0.1, 0.15) is 11.9 Å². The first-order valence-electron chi connectivity index (χ1n) is 5.35. The standard InChI is InChI=1S/C12H16N2O2/c1-8-5-3-4-6-10(8)15-9(2)11-7-14-12(13)16-11/h3-6,9,11H,7H2,1-2H3,(H2,13,14). The Morgan fingerprint density at radius 2 is 2.25 bits per heavy atom. The summed E-state index contributed by atoms with van der Waals surface area (Å²) in [6, 6.07) is 8.16. The molecular formula is C12H16N2O2. The van der Waals surface area contributed by atoms with E-state index in [1.54, 1.807) is 0 Å². The van der Waals surface area contributed by atoms with E-state index in [-0.39, 0.29) is 18.2 Å². The second-order valence-electron chi connectivity index (χ2n) is 3.92. The molecule has 0 fully saturated rings. The maximum atomic E-state index is 5.82. The smallest absolute Gasteiger partial charge is 0.282 e. The summed E-state index contributed by atoms with van der Waals surface area (Å²) in [6.07, 6.45) is -0.148. The van der Waals surface area contributed by atoms with Crippen molar-refractivity contribution in [1.29, 1.82) is 0 Å². The first kappa shape index (κ1) is 10.8. The lowest BCUT2D eigenvalue weighted by Crippen LogP contribution is -2.33. The number of para-hydroxylation sites is 1. The molecule has 2 atom stereocenters. The lowest BCUT2D eigenvalue weighted by Gasteiger charge is -2.21. The molecule has 0 bridgehead atoms. The van der Waals surface area contributed by atoms with Gasteiger partial charge >= 0.3 is 0 Å². The molecule has 0 saturated heterocycles. The summed E-state index contributed by atoms with van der Waals surface area (Å²) < 4.78 is 11.2. The van der Waals surface area contributed by atoms with Crippen molar-refractivity contribution in [1.82, 2.24) is 0 Å². The van der Waals surface area contributed by atoms with Gasteiger partial charge in [-0.05, 0) is 25.5 Å². The molecule has 4 heteroatoms. The van der Waals surface area contributed by atoms with Crippen LogP contribution in [0.3, 0.4) is 0 Å². The van der Waals surface area contributed by atoms with Crippen molar-refractivity contribution >= 4 is 6.02 Å². The molecule has 1 aliphatic heterocycles. The molecular weight excluding hydrogens is 204 g/mol. The number of aliphatic imine (C=N–C) groups is 1. The van der Waals surface area contributed by atoms with Crippen molar-refractivity contribution in [3.8, 4) is 5.75 Å². The van der Waals surface area contributed by atoms with E-state index < -0.39 is 0 Å². The molecule has 0 radical (unpaired) electrons. The first-order valence-corrected chi connectivity index (χ1v) is 5.35. The average Bonchev–Trinajstić information content (AvgIpc) is 2.68. The molecule has 2 N–H and O–H groups in total. The third-order valence-electron chi connectivity index (χ3n) is 2.63. The van der Waals surface area contributed by atoms with Crippen molar-refractivity contribution in [2.24, 2.45) is 10.7 Å². The van der Waals surface area contributed by atoms with Gasteiger partial charge in [0.2, 0.25) is 0 Å². The number of aryl methyl sites for hydroxylation is 1. The number of ether oxygens (including phenoxy) is 2. The summed E-state index contributed by atoms with van der Waals surface area (Å²) >= 11 is 0. The number of nitrogens with zero attached hydrogens (tertiary/aromatic N) is 1. The number of nitrogens with two attached hydrogens (primary N) is 1. The summed E-state index contributed by atoms with van der Waals surface area (Å²) in [5, 5.41) is 0. The van der Waals surface area contributed by atoms with Gasteiger partial charge in [0.25, 0.3) is 6.02 Å². The lowest BCUT2D eigenvalue weighted by molar-refractivity contribution is 0.0755. The number of benzene rings is 1. The molecule has 4 nitrogen and oxygen atoms in total.